The minimum Gasteiger partial charge on any atom is -0.325 e. The molecule has 2 aromatic carbocycles. The van der Waals surface area contributed by atoms with Crippen LogP contribution < -0.4 is 5.32 Å². The van der Waals surface area contributed by atoms with E-state index in [1.165, 1.54) is 5.56 Å². The second-order valence-corrected chi connectivity index (χ2v) is 7.84. The summed E-state index contributed by atoms with van der Waals surface area (Å²) in [6.07, 6.45) is 0. The normalized spacial score (nSPS) is 10.7. The lowest BCUT2D eigenvalue weighted by Gasteiger charge is -2.16. The lowest BCUT2D eigenvalue weighted by molar-refractivity contribution is -0.113. The quantitative estimate of drug-likeness (QED) is 0.703. The molecule has 1 N–H and O–H groups in total. The first-order valence-electron chi connectivity index (χ1n) is 8.76. The lowest BCUT2D eigenvalue weighted by atomic mass is 9.92. The van der Waals surface area contributed by atoms with E-state index in [1.807, 2.05) is 45.9 Å². The lowest BCUT2D eigenvalue weighted by Crippen LogP contribution is -2.16. The number of benzene rings is 2. The van der Waals surface area contributed by atoms with E-state index in [-0.39, 0.29) is 11.7 Å². The van der Waals surface area contributed by atoms with Gasteiger partial charge in [0.25, 0.3) is 0 Å². The van der Waals surface area contributed by atoms with Crippen molar-refractivity contribution in [3.8, 4) is 0 Å². The number of nitrogens with one attached hydrogen (secondary N) is 1. The summed E-state index contributed by atoms with van der Waals surface area (Å²) in [7, 11) is 0. The van der Waals surface area contributed by atoms with Crippen molar-refractivity contribution < 1.29 is 9.59 Å². The minimum atomic E-state index is 0.00149. The number of ketones is 1. The summed E-state index contributed by atoms with van der Waals surface area (Å²) in [4.78, 5) is 24.2. The molecule has 0 radical (unpaired) electrons. The highest BCUT2D eigenvalue weighted by molar-refractivity contribution is 7.99. The average Bonchev–Trinajstić information content (AvgIpc) is 2.53. The highest BCUT2D eigenvalue weighted by atomic mass is 32.2. The van der Waals surface area contributed by atoms with Gasteiger partial charge in [-0.15, -0.1) is 11.8 Å². The molecule has 0 bridgehead atoms. The molecule has 0 aliphatic rings. The maximum atomic E-state index is 12.3. The predicted octanol–water partition coefficient (Wildman–Crippen LogP) is 5.30. The number of Topliss-reactive ketones (excluding diaryl/α,β-unsaturated/α-hetero) is 1. The maximum Gasteiger partial charge on any atom is 0.234 e. The van der Waals surface area contributed by atoms with Crippen LogP contribution in [0.1, 0.15) is 50.7 Å². The minimum absolute atomic E-state index is 0.00149. The van der Waals surface area contributed by atoms with Crippen molar-refractivity contribution in [1.29, 1.82) is 0 Å². The van der Waals surface area contributed by atoms with Gasteiger partial charge in [0, 0.05) is 17.0 Å². The van der Waals surface area contributed by atoms with E-state index in [1.54, 1.807) is 18.7 Å². The van der Waals surface area contributed by atoms with Crippen molar-refractivity contribution >= 4 is 29.1 Å². The fourth-order valence-corrected chi connectivity index (χ4v) is 4.43. The van der Waals surface area contributed by atoms with Gasteiger partial charge in [0.2, 0.25) is 5.91 Å². The third-order valence-corrected chi connectivity index (χ3v) is 5.67. The van der Waals surface area contributed by atoms with E-state index < -0.39 is 0 Å². The van der Waals surface area contributed by atoms with Crippen LogP contribution in [0, 0.1) is 34.6 Å². The molecule has 0 heterocycles. The van der Waals surface area contributed by atoms with Crippen molar-refractivity contribution in [2.24, 2.45) is 0 Å². The fourth-order valence-electron chi connectivity index (χ4n) is 3.42. The summed E-state index contributed by atoms with van der Waals surface area (Å²) >= 11 is 1.58. The number of para-hydroxylation sites is 1. The van der Waals surface area contributed by atoms with Gasteiger partial charge in [-0.1, -0.05) is 24.3 Å². The first-order chi connectivity index (χ1) is 12.2. The van der Waals surface area contributed by atoms with Gasteiger partial charge in [-0.3, -0.25) is 9.59 Å². The topological polar surface area (TPSA) is 46.2 Å². The van der Waals surface area contributed by atoms with Crippen LogP contribution in [0.25, 0.3) is 0 Å². The summed E-state index contributed by atoms with van der Waals surface area (Å²) in [5, 5.41) is 3.02. The van der Waals surface area contributed by atoms with Crippen LogP contribution in [-0.4, -0.2) is 17.4 Å². The molecule has 26 heavy (non-hydrogen) atoms. The summed E-state index contributed by atoms with van der Waals surface area (Å²) in [6.45, 7) is 11.7. The Hall–Kier alpha value is -2.07. The van der Waals surface area contributed by atoms with Crippen LogP contribution in [-0.2, 0) is 10.5 Å². The van der Waals surface area contributed by atoms with E-state index in [4.69, 9.17) is 0 Å². The van der Waals surface area contributed by atoms with Crippen molar-refractivity contribution in [2.45, 2.75) is 47.3 Å². The van der Waals surface area contributed by atoms with Crippen molar-refractivity contribution in [2.75, 3.05) is 11.1 Å². The van der Waals surface area contributed by atoms with Crippen LogP contribution >= 0.6 is 11.8 Å². The Morgan fingerprint density at radius 2 is 1.58 bits per heavy atom. The smallest absolute Gasteiger partial charge is 0.234 e. The van der Waals surface area contributed by atoms with Gasteiger partial charge in [0.15, 0.2) is 5.78 Å². The molecule has 0 saturated carbocycles. The maximum absolute atomic E-state index is 12.3. The van der Waals surface area contributed by atoms with E-state index in [0.717, 1.165) is 44.8 Å². The van der Waals surface area contributed by atoms with Crippen LogP contribution in [0.5, 0.6) is 0 Å². The van der Waals surface area contributed by atoms with E-state index >= 15 is 0 Å². The molecule has 0 aliphatic heterocycles. The molecule has 2 rings (SSSR count). The average molecular weight is 370 g/mol. The number of rotatable bonds is 6. The van der Waals surface area contributed by atoms with Crippen LogP contribution in [0.15, 0.2) is 24.3 Å². The van der Waals surface area contributed by atoms with Gasteiger partial charge >= 0.3 is 0 Å². The molecule has 0 unspecified atom stereocenters. The molecular weight excluding hydrogens is 342 g/mol. The highest BCUT2D eigenvalue weighted by Crippen LogP contribution is 2.27. The molecule has 138 valence electrons. The summed E-state index contributed by atoms with van der Waals surface area (Å²) < 4.78 is 0. The zero-order valence-corrected chi connectivity index (χ0v) is 17.3. The zero-order chi connectivity index (χ0) is 19.4. The number of anilines is 1. The van der Waals surface area contributed by atoms with E-state index in [9.17, 15) is 9.59 Å². The molecule has 0 aliphatic carbocycles. The zero-order valence-electron chi connectivity index (χ0n) is 16.4. The summed E-state index contributed by atoms with van der Waals surface area (Å²) in [5.74, 6) is 1.20. The SMILES string of the molecule is CC(=O)c1c(C)cc(C)c(CSCC(=O)Nc2c(C)cccc2C)c1C. The van der Waals surface area contributed by atoms with Gasteiger partial charge in [-0.2, -0.15) is 0 Å². The molecule has 0 saturated heterocycles. The molecule has 2 aromatic rings. The number of amides is 1. The van der Waals surface area contributed by atoms with Gasteiger partial charge in [-0.05, 0) is 74.9 Å². The molecule has 0 fully saturated rings. The Bertz CT molecular complexity index is 835. The third-order valence-electron chi connectivity index (χ3n) is 4.71. The van der Waals surface area contributed by atoms with Crippen molar-refractivity contribution in [3.05, 3.63) is 63.2 Å². The van der Waals surface area contributed by atoms with Crippen LogP contribution in [0.2, 0.25) is 0 Å². The number of hydrogen-bond donors (Lipinski definition) is 1. The highest BCUT2D eigenvalue weighted by Gasteiger charge is 2.15. The number of thioether (sulfide) groups is 1. The van der Waals surface area contributed by atoms with E-state index in [0.29, 0.717) is 5.75 Å². The predicted molar refractivity (Wildman–Crippen MR) is 111 cm³/mol. The van der Waals surface area contributed by atoms with Crippen LogP contribution in [0.3, 0.4) is 0 Å². The number of aryl methyl sites for hydroxylation is 4. The van der Waals surface area contributed by atoms with Gasteiger partial charge < -0.3 is 5.32 Å². The summed E-state index contributed by atoms with van der Waals surface area (Å²) in [6, 6.07) is 8.05. The molecule has 3 nitrogen and oxygen atoms in total. The van der Waals surface area contributed by atoms with E-state index in [2.05, 4.69) is 18.3 Å². The van der Waals surface area contributed by atoms with Crippen LogP contribution in [0.4, 0.5) is 5.69 Å². The van der Waals surface area contributed by atoms with Crippen molar-refractivity contribution in [1.82, 2.24) is 0 Å². The number of carbonyl (C=O) groups is 2. The fraction of sp³-hybridized carbons (Fsp3) is 0.364. The molecule has 4 heteroatoms. The largest absolute Gasteiger partial charge is 0.325 e. The number of hydrogen-bond acceptors (Lipinski definition) is 3. The van der Waals surface area contributed by atoms with Gasteiger partial charge in [0.1, 0.15) is 0 Å². The van der Waals surface area contributed by atoms with Crippen molar-refractivity contribution in [3.63, 3.8) is 0 Å². The number of carbonyl (C=O) groups excluding carboxylic acids is 2. The monoisotopic (exact) mass is 369 g/mol. The Morgan fingerprint density at radius 3 is 2.15 bits per heavy atom. The third kappa shape index (κ3) is 4.55. The second kappa shape index (κ2) is 8.54. The Morgan fingerprint density at radius 1 is 0.962 bits per heavy atom. The molecule has 0 spiro atoms. The molecular formula is C22H27NO2S. The second-order valence-electron chi connectivity index (χ2n) is 6.85. The van der Waals surface area contributed by atoms with Gasteiger partial charge in [-0.25, -0.2) is 0 Å². The Balaban J connectivity index is 2.05. The molecule has 0 aromatic heterocycles. The van der Waals surface area contributed by atoms with Gasteiger partial charge in [0.05, 0.1) is 5.75 Å². The first-order valence-corrected chi connectivity index (χ1v) is 9.92. The Kier molecular flexibility index (Phi) is 6.65. The summed E-state index contributed by atoms with van der Waals surface area (Å²) in [5.41, 5.74) is 8.25. The standard InChI is InChI=1S/C22H27NO2S/c1-13-8-7-9-14(2)22(13)23-20(25)12-26-11-19-15(3)10-16(4)21(17(19)5)18(6)24/h7-10H,11-12H2,1-6H3,(H,23,25). The molecule has 0 atom stereocenters. The molecule has 1 amide bonds. The Labute approximate surface area is 160 Å². The first kappa shape index (κ1) is 20.2.